The van der Waals surface area contributed by atoms with Crippen molar-refractivity contribution in [3.05, 3.63) is 124 Å². The van der Waals surface area contributed by atoms with E-state index in [2.05, 4.69) is 31.9 Å². The summed E-state index contributed by atoms with van der Waals surface area (Å²) < 4.78 is 7.53. The van der Waals surface area contributed by atoms with Gasteiger partial charge in [0.05, 0.1) is 25.2 Å². The molecule has 0 aliphatic carbocycles. The van der Waals surface area contributed by atoms with E-state index in [0.717, 1.165) is 31.2 Å². The molecule has 0 aromatic heterocycles. The predicted octanol–water partition coefficient (Wildman–Crippen LogP) is 11.2. The predicted molar refractivity (Wildman–Crippen MR) is 180 cm³/mol. The number of carbonyl (C=O) groups is 1. The Kier molecular flexibility index (Phi) is 9.53. The van der Waals surface area contributed by atoms with Crippen molar-refractivity contribution in [3.8, 4) is 5.75 Å². The summed E-state index contributed by atoms with van der Waals surface area (Å²) in [5.41, 5.74) is 4.90. The van der Waals surface area contributed by atoms with Crippen LogP contribution >= 0.6 is 78.4 Å². The molecule has 1 amide bonds. The number of carbonyl (C=O) groups excluding carboxylic acids is 1. The van der Waals surface area contributed by atoms with Crippen LogP contribution in [0.2, 0.25) is 15.1 Å². The molecule has 0 bridgehead atoms. The Labute approximate surface area is 274 Å². The Morgan fingerprint density at radius 2 is 1.59 bits per heavy atom. The second-order valence-electron chi connectivity index (χ2n) is 9.24. The van der Waals surface area contributed by atoms with E-state index in [1.54, 1.807) is 17.0 Å². The van der Waals surface area contributed by atoms with Crippen LogP contribution in [0.4, 0.5) is 11.4 Å². The summed E-state index contributed by atoms with van der Waals surface area (Å²) in [6.07, 6.45) is 1.83. The molecule has 4 nitrogen and oxygen atoms in total. The van der Waals surface area contributed by atoms with Gasteiger partial charge in [0.25, 0.3) is 5.91 Å². The van der Waals surface area contributed by atoms with Gasteiger partial charge in [0, 0.05) is 15.1 Å². The molecule has 4 aromatic carbocycles. The topological polar surface area (TPSA) is 41.9 Å². The molecule has 0 N–H and O–H groups in total. The first-order valence-corrected chi connectivity index (χ1v) is 15.8. The maximum atomic E-state index is 13.8. The number of thioether (sulfide) groups is 1. The molecule has 0 radical (unpaired) electrons. The van der Waals surface area contributed by atoms with Crippen molar-refractivity contribution in [3.63, 3.8) is 0 Å². The third-order valence-electron chi connectivity index (χ3n) is 6.19. The molecule has 1 saturated heterocycles. The minimum atomic E-state index is -0.208. The van der Waals surface area contributed by atoms with Gasteiger partial charge in [0.15, 0.2) is 5.17 Å². The molecule has 10 heteroatoms. The van der Waals surface area contributed by atoms with Gasteiger partial charge in [-0.1, -0.05) is 59.1 Å². The van der Waals surface area contributed by atoms with Gasteiger partial charge in [0.2, 0.25) is 0 Å². The summed E-state index contributed by atoms with van der Waals surface area (Å²) in [7, 11) is 0. The normalized spacial score (nSPS) is 15.3. The maximum Gasteiger partial charge on any atom is 0.271 e. The first-order chi connectivity index (χ1) is 19.6. The molecule has 208 valence electrons. The smallest absolute Gasteiger partial charge is 0.271 e. The number of nitrogens with zero attached hydrogens (tertiary/aromatic N) is 2. The van der Waals surface area contributed by atoms with Gasteiger partial charge in [0.1, 0.15) is 12.4 Å². The van der Waals surface area contributed by atoms with Crippen LogP contribution in [0.1, 0.15) is 22.3 Å². The zero-order chi connectivity index (χ0) is 29.3. The van der Waals surface area contributed by atoms with Crippen LogP contribution in [0.5, 0.6) is 5.75 Å². The fraction of sp³-hybridized carbons (Fsp3) is 0.0968. The summed E-state index contributed by atoms with van der Waals surface area (Å²) in [6, 6.07) is 22.4. The van der Waals surface area contributed by atoms with Gasteiger partial charge in [-0.25, -0.2) is 4.99 Å². The Morgan fingerprint density at radius 3 is 2.24 bits per heavy atom. The molecule has 5 rings (SSSR count). The van der Waals surface area contributed by atoms with Gasteiger partial charge < -0.3 is 4.74 Å². The van der Waals surface area contributed by atoms with Crippen LogP contribution < -0.4 is 9.64 Å². The van der Waals surface area contributed by atoms with Crippen molar-refractivity contribution in [1.82, 2.24) is 0 Å². The van der Waals surface area contributed by atoms with Crippen molar-refractivity contribution in [2.24, 2.45) is 4.99 Å². The van der Waals surface area contributed by atoms with Crippen LogP contribution in [0.15, 0.2) is 91.6 Å². The minimum Gasteiger partial charge on any atom is -0.487 e. The van der Waals surface area contributed by atoms with Gasteiger partial charge in [-0.15, -0.1) is 0 Å². The van der Waals surface area contributed by atoms with Crippen molar-refractivity contribution in [1.29, 1.82) is 0 Å². The fourth-order valence-corrected chi connectivity index (χ4v) is 7.01. The molecule has 4 aromatic rings. The van der Waals surface area contributed by atoms with Gasteiger partial charge >= 0.3 is 0 Å². The van der Waals surface area contributed by atoms with Crippen molar-refractivity contribution >= 4 is 107 Å². The average molecular weight is 752 g/mol. The van der Waals surface area contributed by atoms with Crippen molar-refractivity contribution < 1.29 is 9.53 Å². The standard InChI is InChI=1S/C31H21Br2Cl3N2O2S/c1-17-6-8-22(14-26(17)35)37-31-38(23-9-7-18(2)27(36)15-23)30(39)28(41-31)13-20-11-24(32)29(25(33)12-20)40-16-19-4-3-5-21(34)10-19/h3-15H,16H2,1-2H3/b28-13+,37-31?. The number of amidine groups is 1. The molecular formula is C31H21Br2Cl3N2O2S. The van der Waals surface area contributed by atoms with Crippen LogP contribution in [0.25, 0.3) is 6.08 Å². The lowest BCUT2D eigenvalue weighted by atomic mass is 10.2. The number of ether oxygens (including phenoxy) is 1. The quantitative estimate of drug-likeness (QED) is 0.184. The molecular weight excluding hydrogens is 731 g/mol. The summed E-state index contributed by atoms with van der Waals surface area (Å²) in [5.74, 6) is 0.437. The van der Waals surface area contributed by atoms with E-state index >= 15 is 0 Å². The summed E-state index contributed by atoms with van der Waals surface area (Å²) >= 11 is 27.4. The molecule has 1 aliphatic heterocycles. The molecule has 41 heavy (non-hydrogen) atoms. The van der Waals surface area contributed by atoms with E-state index in [1.165, 1.54) is 11.8 Å². The van der Waals surface area contributed by atoms with E-state index in [-0.39, 0.29) is 5.91 Å². The van der Waals surface area contributed by atoms with Crippen LogP contribution in [-0.4, -0.2) is 11.1 Å². The van der Waals surface area contributed by atoms with E-state index < -0.39 is 0 Å². The minimum absolute atomic E-state index is 0.208. The molecule has 0 saturated carbocycles. The Bertz CT molecular complexity index is 1720. The monoisotopic (exact) mass is 748 g/mol. The molecule has 0 unspecified atom stereocenters. The zero-order valence-electron chi connectivity index (χ0n) is 21.7. The Balaban J connectivity index is 1.48. The highest BCUT2D eigenvalue weighted by atomic mass is 79.9. The van der Waals surface area contributed by atoms with Crippen LogP contribution in [-0.2, 0) is 11.4 Å². The molecule has 1 aliphatic rings. The number of halogens is 5. The highest BCUT2D eigenvalue weighted by Gasteiger charge is 2.35. The largest absolute Gasteiger partial charge is 0.487 e. The summed E-state index contributed by atoms with van der Waals surface area (Å²) in [4.78, 5) is 20.6. The maximum absolute atomic E-state index is 13.8. The average Bonchev–Trinajstić information content (AvgIpc) is 3.21. The number of anilines is 1. The van der Waals surface area contributed by atoms with Crippen LogP contribution in [0.3, 0.4) is 0 Å². The third kappa shape index (κ3) is 7.04. The van der Waals surface area contributed by atoms with Gasteiger partial charge in [-0.05, 0) is 134 Å². The summed E-state index contributed by atoms with van der Waals surface area (Å²) in [6.45, 7) is 4.20. The third-order valence-corrected chi connectivity index (χ3v) is 9.39. The lowest BCUT2D eigenvalue weighted by Crippen LogP contribution is -2.28. The van der Waals surface area contributed by atoms with Crippen molar-refractivity contribution in [2.45, 2.75) is 20.5 Å². The first kappa shape index (κ1) is 30.2. The number of aryl methyl sites for hydroxylation is 2. The number of hydrogen-bond donors (Lipinski definition) is 0. The summed E-state index contributed by atoms with van der Waals surface area (Å²) in [5, 5.41) is 2.33. The number of hydrogen-bond acceptors (Lipinski definition) is 4. The Morgan fingerprint density at radius 1 is 0.902 bits per heavy atom. The van der Waals surface area contributed by atoms with Crippen molar-refractivity contribution in [2.75, 3.05) is 4.90 Å². The van der Waals surface area contributed by atoms with Crippen LogP contribution in [0, 0.1) is 13.8 Å². The highest BCUT2D eigenvalue weighted by molar-refractivity contribution is 9.11. The number of rotatable bonds is 6. The molecule has 1 heterocycles. The lowest BCUT2D eigenvalue weighted by Gasteiger charge is -2.16. The second-order valence-corrected chi connectivity index (χ2v) is 13.2. The number of benzene rings is 4. The molecule has 0 spiro atoms. The zero-order valence-corrected chi connectivity index (χ0v) is 28.0. The second kappa shape index (κ2) is 12.9. The molecule has 0 atom stereocenters. The van der Waals surface area contributed by atoms with E-state index in [1.807, 2.05) is 80.6 Å². The lowest BCUT2D eigenvalue weighted by molar-refractivity contribution is -0.113. The number of aliphatic imine (C=N–C) groups is 1. The highest BCUT2D eigenvalue weighted by Crippen LogP contribution is 2.41. The Hall–Kier alpha value is -2.26. The van der Waals surface area contributed by atoms with E-state index in [9.17, 15) is 4.79 Å². The van der Waals surface area contributed by atoms with E-state index in [0.29, 0.717) is 48.9 Å². The van der Waals surface area contributed by atoms with E-state index in [4.69, 9.17) is 44.5 Å². The number of amides is 1. The SMILES string of the molecule is Cc1ccc(N=C2S/C(=C/c3cc(Br)c(OCc4cccc(Cl)c4)c(Br)c3)C(=O)N2c2ccc(C)c(Cl)c2)cc1Cl. The van der Waals surface area contributed by atoms with Gasteiger partial charge in [-0.2, -0.15) is 0 Å². The fourth-order valence-electron chi connectivity index (χ4n) is 3.99. The first-order valence-electron chi connectivity index (χ1n) is 12.3. The molecule has 1 fully saturated rings. The van der Waals surface area contributed by atoms with Gasteiger partial charge in [-0.3, -0.25) is 9.69 Å².